The molecule has 1 aliphatic rings. The molecule has 0 aliphatic heterocycles. The van der Waals surface area contributed by atoms with E-state index in [1.165, 1.54) is 56.9 Å². The van der Waals surface area contributed by atoms with Crippen molar-refractivity contribution in [3.8, 4) is 11.1 Å². The Morgan fingerprint density at radius 3 is 2.00 bits per heavy atom. The molecule has 164 valence electrons. The van der Waals surface area contributed by atoms with Crippen molar-refractivity contribution >= 4 is 10.8 Å². The fourth-order valence-electron chi connectivity index (χ4n) is 5.02. The molecule has 0 atom stereocenters. The molecular weight excluding hydrogens is 393 g/mol. The third-order valence-corrected chi connectivity index (χ3v) is 7.00. The van der Waals surface area contributed by atoms with Crippen molar-refractivity contribution in [2.75, 3.05) is 0 Å². The number of hydrogen-bond acceptors (Lipinski definition) is 0. The largest absolute Gasteiger partial charge is 0.204 e. The van der Waals surface area contributed by atoms with Gasteiger partial charge in [-0.1, -0.05) is 82.2 Å². The maximum Gasteiger partial charge on any atom is 0.194 e. The first-order chi connectivity index (χ1) is 15.0. The fraction of sp³-hybridized carbons (Fsp3) is 0.429. The molecule has 3 aromatic rings. The molecule has 3 aromatic carbocycles. The Morgan fingerprint density at radius 2 is 1.32 bits per heavy atom. The summed E-state index contributed by atoms with van der Waals surface area (Å²) in [5.74, 6) is -1.95. The Morgan fingerprint density at radius 1 is 0.710 bits per heavy atom. The number of fused-ring (bicyclic) bond motifs is 1. The summed E-state index contributed by atoms with van der Waals surface area (Å²) >= 11 is 0. The van der Waals surface area contributed by atoms with Crippen LogP contribution in [0.3, 0.4) is 0 Å². The lowest BCUT2D eigenvalue weighted by Crippen LogP contribution is -2.15. The van der Waals surface area contributed by atoms with E-state index in [4.69, 9.17) is 0 Å². The van der Waals surface area contributed by atoms with Gasteiger partial charge in [0.1, 0.15) is 0 Å². The summed E-state index contributed by atoms with van der Waals surface area (Å²) in [6.07, 6.45) is 12.0. The van der Waals surface area contributed by atoms with Gasteiger partial charge in [-0.3, -0.25) is 0 Å². The van der Waals surface area contributed by atoms with Crippen LogP contribution in [0.15, 0.2) is 48.5 Å². The van der Waals surface area contributed by atoms with E-state index in [2.05, 4.69) is 25.1 Å². The van der Waals surface area contributed by atoms with Crippen LogP contribution in [0.4, 0.5) is 13.2 Å². The average Bonchev–Trinajstić information content (AvgIpc) is 2.79. The second-order valence-corrected chi connectivity index (χ2v) is 9.22. The van der Waals surface area contributed by atoms with Crippen LogP contribution in [-0.2, 0) is 6.42 Å². The lowest BCUT2D eigenvalue weighted by atomic mass is 9.78. The molecule has 1 saturated carbocycles. The van der Waals surface area contributed by atoms with E-state index in [1.54, 1.807) is 0 Å². The molecule has 0 heterocycles. The van der Waals surface area contributed by atoms with Crippen molar-refractivity contribution in [3.05, 3.63) is 71.5 Å². The summed E-state index contributed by atoms with van der Waals surface area (Å²) in [6.45, 7) is 2.28. The topological polar surface area (TPSA) is 0 Å². The average molecular weight is 425 g/mol. The SMILES string of the molecule is CCCC[C@H]1CC[C@H](CCc2ccc3cc(-c4cc(F)c(F)c(F)c4)ccc3c2)CC1. The van der Waals surface area contributed by atoms with Crippen LogP contribution < -0.4 is 0 Å². The first-order valence-electron chi connectivity index (χ1n) is 11.7. The second kappa shape index (κ2) is 9.89. The molecule has 4 rings (SSSR count). The first kappa shape index (κ1) is 21.9. The van der Waals surface area contributed by atoms with Gasteiger partial charge in [-0.2, -0.15) is 0 Å². The molecule has 0 N–H and O–H groups in total. The van der Waals surface area contributed by atoms with Crippen LogP contribution in [-0.4, -0.2) is 0 Å². The van der Waals surface area contributed by atoms with Crippen LogP contribution in [0.1, 0.15) is 63.9 Å². The monoisotopic (exact) mass is 424 g/mol. The van der Waals surface area contributed by atoms with Crippen molar-refractivity contribution < 1.29 is 13.2 Å². The van der Waals surface area contributed by atoms with Crippen molar-refractivity contribution in [2.45, 2.75) is 64.7 Å². The van der Waals surface area contributed by atoms with Crippen molar-refractivity contribution in [3.63, 3.8) is 0 Å². The van der Waals surface area contributed by atoms with Crippen LogP contribution >= 0.6 is 0 Å². The highest BCUT2D eigenvalue weighted by molar-refractivity contribution is 5.87. The van der Waals surface area contributed by atoms with Gasteiger partial charge in [0.05, 0.1) is 0 Å². The van der Waals surface area contributed by atoms with Gasteiger partial charge >= 0.3 is 0 Å². The Kier molecular flexibility index (Phi) is 6.99. The highest BCUT2D eigenvalue weighted by Crippen LogP contribution is 2.34. The molecule has 0 bridgehead atoms. The molecule has 3 heteroatoms. The predicted molar refractivity (Wildman–Crippen MR) is 123 cm³/mol. The molecule has 0 unspecified atom stereocenters. The zero-order valence-electron chi connectivity index (χ0n) is 18.3. The summed E-state index contributed by atoms with van der Waals surface area (Å²) in [5, 5.41) is 2.13. The van der Waals surface area contributed by atoms with Crippen LogP contribution in [0.25, 0.3) is 21.9 Å². The standard InChI is InChI=1S/C28H31F3/c1-2-3-4-19-5-7-20(8-6-19)9-10-21-11-12-23-16-24(14-13-22(23)15-21)25-17-26(29)28(31)27(30)18-25/h11-20H,2-10H2,1H3/t19-,20-. The highest BCUT2D eigenvalue weighted by Gasteiger charge is 2.20. The number of benzene rings is 3. The van der Waals surface area contributed by atoms with E-state index in [1.807, 2.05) is 18.2 Å². The minimum atomic E-state index is -1.43. The maximum absolute atomic E-state index is 13.6. The van der Waals surface area contributed by atoms with Gasteiger partial charge in [0, 0.05) is 0 Å². The molecular formula is C28H31F3. The van der Waals surface area contributed by atoms with E-state index in [9.17, 15) is 13.2 Å². The summed E-state index contributed by atoms with van der Waals surface area (Å²) in [4.78, 5) is 0. The van der Waals surface area contributed by atoms with E-state index in [-0.39, 0.29) is 0 Å². The normalized spacial score (nSPS) is 19.1. The summed E-state index contributed by atoms with van der Waals surface area (Å²) in [6, 6.07) is 14.3. The Hall–Kier alpha value is -2.29. The lowest BCUT2D eigenvalue weighted by Gasteiger charge is -2.28. The smallest absolute Gasteiger partial charge is 0.194 e. The highest BCUT2D eigenvalue weighted by atomic mass is 19.2. The third-order valence-electron chi connectivity index (χ3n) is 7.00. The lowest BCUT2D eigenvalue weighted by molar-refractivity contribution is 0.250. The molecule has 0 aromatic heterocycles. The summed E-state index contributed by atoms with van der Waals surface area (Å²) in [7, 11) is 0. The van der Waals surface area contributed by atoms with Gasteiger partial charge in [-0.15, -0.1) is 0 Å². The van der Waals surface area contributed by atoms with Crippen molar-refractivity contribution in [1.82, 2.24) is 0 Å². The molecule has 0 saturated heterocycles. The van der Waals surface area contributed by atoms with E-state index in [0.717, 1.165) is 41.2 Å². The molecule has 0 spiro atoms. The Labute approximate surface area is 183 Å². The molecule has 0 nitrogen and oxygen atoms in total. The number of halogens is 3. The molecule has 0 amide bonds. The summed E-state index contributed by atoms with van der Waals surface area (Å²) < 4.78 is 40.4. The zero-order chi connectivity index (χ0) is 21.8. The summed E-state index contributed by atoms with van der Waals surface area (Å²) in [5.41, 5.74) is 2.36. The fourth-order valence-corrected chi connectivity index (χ4v) is 5.02. The third kappa shape index (κ3) is 5.31. The number of aryl methyl sites for hydroxylation is 1. The maximum atomic E-state index is 13.6. The molecule has 1 fully saturated rings. The molecule has 0 radical (unpaired) electrons. The van der Waals surface area contributed by atoms with Gasteiger partial charge < -0.3 is 0 Å². The van der Waals surface area contributed by atoms with E-state index in [0.29, 0.717) is 11.1 Å². The van der Waals surface area contributed by atoms with Crippen LogP contribution in [0.2, 0.25) is 0 Å². The van der Waals surface area contributed by atoms with Gasteiger partial charge in [-0.05, 0) is 70.3 Å². The van der Waals surface area contributed by atoms with Gasteiger partial charge in [-0.25, -0.2) is 13.2 Å². The molecule has 1 aliphatic carbocycles. The predicted octanol–water partition coefficient (Wildman–Crippen LogP) is 8.85. The minimum Gasteiger partial charge on any atom is -0.204 e. The quantitative estimate of drug-likeness (QED) is 0.332. The Bertz CT molecular complexity index is 1010. The number of unbranched alkanes of at least 4 members (excludes halogenated alkanes) is 1. The number of hydrogen-bond donors (Lipinski definition) is 0. The van der Waals surface area contributed by atoms with Crippen LogP contribution in [0, 0.1) is 29.3 Å². The Balaban J connectivity index is 1.40. The van der Waals surface area contributed by atoms with E-state index < -0.39 is 17.5 Å². The van der Waals surface area contributed by atoms with Gasteiger partial charge in [0.2, 0.25) is 0 Å². The first-order valence-corrected chi connectivity index (χ1v) is 11.7. The second-order valence-electron chi connectivity index (χ2n) is 9.22. The molecule has 31 heavy (non-hydrogen) atoms. The van der Waals surface area contributed by atoms with E-state index >= 15 is 0 Å². The zero-order valence-corrected chi connectivity index (χ0v) is 18.3. The van der Waals surface area contributed by atoms with Gasteiger partial charge in [0.25, 0.3) is 0 Å². The van der Waals surface area contributed by atoms with Gasteiger partial charge in [0.15, 0.2) is 17.5 Å². The minimum absolute atomic E-state index is 0.344. The van der Waals surface area contributed by atoms with Crippen LogP contribution in [0.5, 0.6) is 0 Å². The van der Waals surface area contributed by atoms with Crippen molar-refractivity contribution in [1.29, 1.82) is 0 Å². The number of rotatable bonds is 7. The van der Waals surface area contributed by atoms with Crippen molar-refractivity contribution in [2.24, 2.45) is 11.8 Å².